The van der Waals surface area contributed by atoms with E-state index in [4.69, 9.17) is 21.0 Å². The molecule has 0 aliphatic rings. The summed E-state index contributed by atoms with van der Waals surface area (Å²) in [5, 5.41) is 17.5. The van der Waals surface area contributed by atoms with Gasteiger partial charge >= 0.3 is 0 Å². The number of nitriles is 2. The van der Waals surface area contributed by atoms with Crippen LogP contribution in [0.25, 0.3) is 0 Å². The van der Waals surface area contributed by atoms with E-state index in [1.165, 1.54) is 18.2 Å². The van der Waals surface area contributed by atoms with Gasteiger partial charge < -0.3 is 10.5 Å². The molecule has 0 aromatic heterocycles. The molecule has 0 radical (unpaired) electrons. The third kappa shape index (κ3) is 2.68. The Morgan fingerprint density at radius 2 is 1.95 bits per heavy atom. The zero-order chi connectivity index (χ0) is 14.5. The van der Waals surface area contributed by atoms with Gasteiger partial charge in [0, 0.05) is 5.56 Å². The van der Waals surface area contributed by atoms with Crippen molar-refractivity contribution < 1.29 is 9.13 Å². The number of nitrogen functional groups attached to an aromatic ring is 1. The molecule has 0 fully saturated rings. The van der Waals surface area contributed by atoms with Crippen molar-refractivity contribution in [2.24, 2.45) is 0 Å². The molecule has 0 bridgehead atoms. The lowest BCUT2D eigenvalue weighted by molar-refractivity contribution is 0.301. The standard InChI is InChI=1S/C15H10FN3O/c16-15-11(8-18)2-1-3-12(15)9-20-14-5-4-10(7-17)6-13(14)19/h1-6H,9,19H2. The van der Waals surface area contributed by atoms with E-state index in [0.29, 0.717) is 17.0 Å². The van der Waals surface area contributed by atoms with Gasteiger partial charge in [-0.05, 0) is 24.3 Å². The summed E-state index contributed by atoms with van der Waals surface area (Å²) in [5.41, 5.74) is 6.71. The highest BCUT2D eigenvalue weighted by Crippen LogP contribution is 2.24. The Hall–Kier alpha value is -3.05. The number of hydrogen-bond donors (Lipinski definition) is 1. The summed E-state index contributed by atoms with van der Waals surface area (Å²) in [6.45, 7) is -0.0442. The fourth-order valence-corrected chi connectivity index (χ4v) is 1.68. The first kappa shape index (κ1) is 13.4. The van der Waals surface area contributed by atoms with Crippen molar-refractivity contribution >= 4 is 5.69 Å². The largest absolute Gasteiger partial charge is 0.487 e. The molecule has 2 aromatic carbocycles. The molecule has 0 aliphatic heterocycles. The monoisotopic (exact) mass is 267 g/mol. The molecule has 0 amide bonds. The minimum Gasteiger partial charge on any atom is -0.487 e. The first-order valence-electron chi connectivity index (χ1n) is 5.75. The highest BCUT2D eigenvalue weighted by Gasteiger charge is 2.09. The zero-order valence-corrected chi connectivity index (χ0v) is 10.4. The first-order valence-corrected chi connectivity index (χ1v) is 5.75. The van der Waals surface area contributed by atoms with Crippen LogP contribution in [0.1, 0.15) is 16.7 Å². The van der Waals surface area contributed by atoms with E-state index >= 15 is 0 Å². The summed E-state index contributed by atoms with van der Waals surface area (Å²) in [4.78, 5) is 0. The molecule has 2 aromatic rings. The molecule has 4 nitrogen and oxygen atoms in total. The number of anilines is 1. The van der Waals surface area contributed by atoms with Gasteiger partial charge in [-0.25, -0.2) is 4.39 Å². The molecule has 2 rings (SSSR count). The van der Waals surface area contributed by atoms with Gasteiger partial charge in [0.25, 0.3) is 0 Å². The van der Waals surface area contributed by atoms with Crippen LogP contribution in [0.2, 0.25) is 0 Å². The van der Waals surface area contributed by atoms with Crippen LogP contribution < -0.4 is 10.5 Å². The van der Waals surface area contributed by atoms with Crippen LogP contribution in [0.5, 0.6) is 5.75 Å². The number of nitrogens with two attached hydrogens (primary N) is 1. The van der Waals surface area contributed by atoms with Crippen molar-refractivity contribution in [1.82, 2.24) is 0 Å². The minimum absolute atomic E-state index is 0.0288. The Morgan fingerprint density at radius 3 is 2.60 bits per heavy atom. The topological polar surface area (TPSA) is 82.8 Å². The van der Waals surface area contributed by atoms with Gasteiger partial charge in [-0.15, -0.1) is 0 Å². The Balaban J connectivity index is 2.18. The van der Waals surface area contributed by atoms with Crippen LogP contribution in [-0.4, -0.2) is 0 Å². The number of hydrogen-bond acceptors (Lipinski definition) is 4. The lowest BCUT2D eigenvalue weighted by Gasteiger charge is -2.10. The maximum absolute atomic E-state index is 13.8. The quantitative estimate of drug-likeness (QED) is 0.867. The number of ether oxygens (including phenoxy) is 1. The van der Waals surface area contributed by atoms with Crippen LogP contribution in [-0.2, 0) is 6.61 Å². The van der Waals surface area contributed by atoms with Gasteiger partial charge in [-0.3, -0.25) is 0 Å². The lowest BCUT2D eigenvalue weighted by Crippen LogP contribution is -2.02. The smallest absolute Gasteiger partial charge is 0.147 e. The Morgan fingerprint density at radius 1 is 1.15 bits per heavy atom. The lowest BCUT2D eigenvalue weighted by atomic mass is 10.1. The third-order valence-corrected chi connectivity index (χ3v) is 2.72. The Labute approximate surface area is 115 Å². The van der Waals surface area contributed by atoms with Gasteiger partial charge in [0.15, 0.2) is 0 Å². The van der Waals surface area contributed by atoms with E-state index in [2.05, 4.69) is 0 Å². The van der Waals surface area contributed by atoms with Crippen LogP contribution in [0.3, 0.4) is 0 Å². The number of benzene rings is 2. The summed E-state index contributed by atoms with van der Waals surface area (Å²) in [6.07, 6.45) is 0. The van der Waals surface area contributed by atoms with E-state index in [1.54, 1.807) is 24.3 Å². The van der Waals surface area contributed by atoms with Crippen LogP contribution in [0.15, 0.2) is 36.4 Å². The summed E-state index contributed by atoms with van der Waals surface area (Å²) in [7, 11) is 0. The van der Waals surface area contributed by atoms with Crippen molar-refractivity contribution in [3.8, 4) is 17.9 Å². The average Bonchev–Trinajstić information content (AvgIpc) is 2.47. The molecule has 0 unspecified atom stereocenters. The second-order valence-corrected chi connectivity index (χ2v) is 4.04. The second-order valence-electron chi connectivity index (χ2n) is 4.04. The molecule has 0 atom stereocenters. The third-order valence-electron chi connectivity index (χ3n) is 2.72. The zero-order valence-electron chi connectivity index (χ0n) is 10.4. The molecule has 98 valence electrons. The van der Waals surface area contributed by atoms with Gasteiger partial charge in [0.1, 0.15) is 24.2 Å². The van der Waals surface area contributed by atoms with Crippen molar-refractivity contribution in [1.29, 1.82) is 10.5 Å². The first-order chi connectivity index (χ1) is 9.65. The molecular weight excluding hydrogens is 257 g/mol. The second kappa shape index (κ2) is 5.73. The van der Waals surface area contributed by atoms with Gasteiger partial charge in [-0.2, -0.15) is 10.5 Å². The molecular formula is C15H10FN3O. The Bertz CT molecular complexity index is 729. The van der Waals surface area contributed by atoms with E-state index in [1.807, 2.05) is 6.07 Å². The number of rotatable bonds is 3. The highest BCUT2D eigenvalue weighted by atomic mass is 19.1. The van der Waals surface area contributed by atoms with Crippen LogP contribution in [0, 0.1) is 28.5 Å². The van der Waals surface area contributed by atoms with Gasteiger partial charge in [0.05, 0.1) is 22.9 Å². The molecule has 2 N–H and O–H groups in total. The van der Waals surface area contributed by atoms with E-state index in [-0.39, 0.29) is 17.7 Å². The van der Waals surface area contributed by atoms with Crippen molar-refractivity contribution in [3.63, 3.8) is 0 Å². The van der Waals surface area contributed by atoms with Crippen molar-refractivity contribution in [2.75, 3.05) is 5.73 Å². The fourth-order valence-electron chi connectivity index (χ4n) is 1.68. The van der Waals surface area contributed by atoms with E-state index in [9.17, 15) is 4.39 Å². The summed E-state index contributed by atoms with van der Waals surface area (Å²) in [5.74, 6) is -0.229. The molecule has 0 heterocycles. The molecule has 0 spiro atoms. The number of halogens is 1. The van der Waals surface area contributed by atoms with E-state index < -0.39 is 5.82 Å². The van der Waals surface area contributed by atoms with Gasteiger partial charge in [-0.1, -0.05) is 12.1 Å². The van der Waals surface area contributed by atoms with Crippen molar-refractivity contribution in [3.05, 3.63) is 58.9 Å². The Kier molecular flexibility index (Phi) is 3.83. The summed E-state index contributed by atoms with van der Waals surface area (Å²) >= 11 is 0. The summed E-state index contributed by atoms with van der Waals surface area (Å²) in [6, 6.07) is 12.9. The predicted molar refractivity (Wildman–Crippen MR) is 71.0 cm³/mol. The maximum Gasteiger partial charge on any atom is 0.147 e. The number of nitrogens with zero attached hydrogens (tertiary/aromatic N) is 2. The van der Waals surface area contributed by atoms with Crippen molar-refractivity contribution in [2.45, 2.75) is 6.61 Å². The normalized spacial score (nSPS) is 9.55. The van der Waals surface area contributed by atoms with Crippen LogP contribution >= 0.6 is 0 Å². The molecule has 20 heavy (non-hydrogen) atoms. The predicted octanol–water partition coefficient (Wildman–Crippen LogP) is 2.73. The molecule has 5 heteroatoms. The molecule has 0 aliphatic carbocycles. The minimum atomic E-state index is -0.595. The fraction of sp³-hybridized carbons (Fsp3) is 0.0667. The highest BCUT2D eigenvalue weighted by molar-refractivity contribution is 5.56. The van der Waals surface area contributed by atoms with Crippen LogP contribution in [0.4, 0.5) is 10.1 Å². The van der Waals surface area contributed by atoms with E-state index in [0.717, 1.165) is 0 Å². The maximum atomic E-state index is 13.8. The molecule has 0 saturated carbocycles. The average molecular weight is 267 g/mol. The van der Waals surface area contributed by atoms with Gasteiger partial charge in [0.2, 0.25) is 0 Å². The SMILES string of the molecule is N#Cc1ccc(OCc2cccc(C#N)c2F)c(N)c1. The molecule has 0 saturated heterocycles. The summed E-state index contributed by atoms with van der Waals surface area (Å²) < 4.78 is 19.2.